The van der Waals surface area contributed by atoms with Crippen molar-refractivity contribution < 1.29 is 23.6 Å². The number of rotatable bonds is 9. The van der Waals surface area contributed by atoms with Gasteiger partial charge in [0.1, 0.15) is 35.0 Å². The zero-order chi connectivity index (χ0) is 34.6. The van der Waals surface area contributed by atoms with E-state index in [0.29, 0.717) is 58.2 Å². The van der Waals surface area contributed by atoms with Crippen LogP contribution >= 0.6 is 18.7 Å². The van der Waals surface area contributed by atoms with Crippen molar-refractivity contribution in [1.82, 2.24) is 19.8 Å². The quantitative estimate of drug-likeness (QED) is 0.241. The molecule has 2 saturated heterocycles. The highest BCUT2D eigenvalue weighted by Gasteiger charge is 2.31. The summed E-state index contributed by atoms with van der Waals surface area (Å²) in [5.74, 6) is 1.83. The fourth-order valence-electron chi connectivity index (χ4n) is 6.09. The Morgan fingerprint density at radius 3 is 2.17 bits per heavy atom. The second kappa shape index (κ2) is 14.8. The van der Waals surface area contributed by atoms with Gasteiger partial charge in [-0.2, -0.15) is 4.98 Å². The number of para-hydroxylation sites is 1. The predicted molar refractivity (Wildman–Crippen MR) is 193 cm³/mol. The van der Waals surface area contributed by atoms with E-state index in [1.807, 2.05) is 62.1 Å². The van der Waals surface area contributed by atoms with Gasteiger partial charge >= 0.3 is 6.09 Å². The number of aromatic nitrogens is 2. The molecule has 1 aromatic heterocycles. The number of anilines is 5. The van der Waals surface area contributed by atoms with Crippen molar-refractivity contribution >= 4 is 59.0 Å². The summed E-state index contributed by atoms with van der Waals surface area (Å²) in [6, 6.07) is 11.9. The predicted octanol–water partition coefficient (Wildman–Crippen LogP) is 6.40. The van der Waals surface area contributed by atoms with E-state index in [4.69, 9.17) is 25.8 Å². The number of piperidine rings is 1. The third kappa shape index (κ3) is 8.64. The van der Waals surface area contributed by atoms with Crippen molar-refractivity contribution in [1.29, 1.82) is 0 Å². The molecule has 0 aliphatic carbocycles. The third-order valence-corrected chi connectivity index (χ3v) is 10.3. The van der Waals surface area contributed by atoms with Crippen LogP contribution in [0.3, 0.4) is 0 Å². The Kier molecular flexibility index (Phi) is 11.0. The van der Waals surface area contributed by atoms with E-state index in [1.54, 1.807) is 27.5 Å². The average molecular weight is 700 g/mol. The molecule has 2 aliphatic heterocycles. The number of benzene rings is 2. The first-order valence-electron chi connectivity index (χ1n) is 16.2. The summed E-state index contributed by atoms with van der Waals surface area (Å²) in [6.45, 7) is 14.0. The van der Waals surface area contributed by atoms with Crippen molar-refractivity contribution in [3.63, 3.8) is 0 Å². The highest BCUT2D eigenvalue weighted by Crippen LogP contribution is 2.42. The Balaban J connectivity index is 1.25. The van der Waals surface area contributed by atoms with Gasteiger partial charge in [-0.15, -0.1) is 0 Å². The topological polar surface area (TPSA) is 121 Å². The summed E-state index contributed by atoms with van der Waals surface area (Å²) < 4.78 is 30.1. The molecule has 0 bridgehead atoms. The number of halogens is 1. The molecule has 0 unspecified atom stereocenters. The minimum absolute atomic E-state index is 0.232. The van der Waals surface area contributed by atoms with Gasteiger partial charge in [0.2, 0.25) is 5.95 Å². The number of methoxy groups -OCH3 is 2. The molecule has 0 spiro atoms. The van der Waals surface area contributed by atoms with E-state index >= 15 is 0 Å². The van der Waals surface area contributed by atoms with Crippen LogP contribution in [-0.4, -0.2) is 104 Å². The van der Waals surface area contributed by atoms with Gasteiger partial charge in [0.25, 0.3) is 0 Å². The molecule has 2 fully saturated rings. The smallest absolute Gasteiger partial charge is 0.410 e. The number of hydrogen-bond donors (Lipinski definition) is 2. The minimum atomic E-state index is -2.56. The molecule has 48 heavy (non-hydrogen) atoms. The first kappa shape index (κ1) is 35.6. The monoisotopic (exact) mass is 699 g/mol. The van der Waals surface area contributed by atoms with E-state index in [-0.39, 0.29) is 12.0 Å². The Morgan fingerprint density at radius 1 is 0.958 bits per heavy atom. The standard InChI is InChI=1S/C34H47ClN7O5P/c1-34(2,3)47-33(43)42-18-16-41(17-19-42)23-12-14-40(15-13-23)24-20-27(45-4)30(28(21-24)46-5)38-32-36-22-25(35)31(39-32)37-26-10-8-9-11-29(26)48(6,7)44/h8-11,20-23H,12-19H2,1-7H3,(H2,36,37,38,39). The van der Waals surface area contributed by atoms with E-state index in [0.717, 1.165) is 44.7 Å². The number of amides is 1. The molecule has 260 valence electrons. The normalized spacial score (nSPS) is 16.4. The van der Waals surface area contributed by atoms with Gasteiger partial charge in [-0.3, -0.25) is 4.90 Å². The molecule has 2 aliphatic rings. The number of carbonyl (C=O) groups is 1. The molecule has 2 N–H and O–H groups in total. The summed E-state index contributed by atoms with van der Waals surface area (Å²) in [5, 5.41) is 7.52. The lowest BCUT2D eigenvalue weighted by atomic mass is 10.0. The zero-order valence-corrected chi connectivity index (χ0v) is 30.5. The summed E-state index contributed by atoms with van der Waals surface area (Å²) in [6.07, 6.45) is 3.30. The van der Waals surface area contributed by atoms with Gasteiger partial charge in [-0.05, 0) is 59.1 Å². The lowest BCUT2D eigenvalue weighted by Crippen LogP contribution is -2.55. The van der Waals surface area contributed by atoms with E-state index < -0.39 is 12.7 Å². The van der Waals surface area contributed by atoms with Crippen LogP contribution in [0.25, 0.3) is 0 Å². The fraction of sp³-hybridized carbons (Fsp3) is 0.500. The maximum atomic E-state index is 12.9. The van der Waals surface area contributed by atoms with Gasteiger partial charge in [-0.25, -0.2) is 9.78 Å². The molecule has 2 aromatic carbocycles. The van der Waals surface area contributed by atoms with Crippen molar-refractivity contribution in [2.24, 2.45) is 0 Å². The molecule has 12 nitrogen and oxygen atoms in total. The SMILES string of the molecule is COc1cc(N2CCC(N3CCN(C(=O)OC(C)(C)C)CC3)CC2)cc(OC)c1Nc1ncc(Cl)c(Nc2ccccc2P(C)(C)=O)n1. The van der Waals surface area contributed by atoms with Gasteiger partial charge in [-0.1, -0.05) is 23.7 Å². The van der Waals surface area contributed by atoms with Gasteiger partial charge < -0.3 is 39.2 Å². The van der Waals surface area contributed by atoms with Crippen LogP contribution in [0.1, 0.15) is 33.6 Å². The summed E-state index contributed by atoms with van der Waals surface area (Å²) in [7, 11) is 0.681. The van der Waals surface area contributed by atoms with Crippen LogP contribution in [0.5, 0.6) is 11.5 Å². The Labute approximate surface area is 288 Å². The third-order valence-electron chi connectivity index (χ3n) is 8.52. The second-order valence-corrected chi connectivity index (χ2v) is 17.0. The number of nitrogens with one attached hydrogen (secondary N) is 2. The van der Waals surface area contributed by atoms with Gasteiger partial charge in [0.05, 0.1) is 26.1 Å². The summed E-state index contributed by atoms with van der Waals surface area (Å²) in [5.41, 5.74) is 1.77. The minimum Gasteiger partial charge on any atom is -0.494 e. The van der Waals surface area contributed by atoms with Crippen LogP contribution in [0, 0.1) is 0 Å². The molecular weight excluding hydrogens is 653 g/mol. The zero-order valence-electron chi connectivity index (χ0n) is 28.9. The number of piperazine rings is 1. The van der Waals surface area contributed by atoms with E-state index in [2.05, 4.69) is 30.4 Å². The first-order valence-corrected chi connectivity index (χ1v) is 19.2. The van der Waals surface area contributed by atoms with Crippen LogP contribution in [0.4, 0.5) is 33.6 Å². The number of carbonyl (C=O) groups excluding carboxylic acids is 1. The number of nitrogens with zero attached hydrogens (tertiary/aromatic N) is 5. The van der Waals surface area contributed by atoms with Crippen molar-refractivity contribution in [2.75, 3.05) is 82.4 Å². The molecule has 0 atom stereocenters. The maximum absolute atomic E-state index is 12.9. The molecule has 5 rings (SSSR count). The van der Waals surface area contributed by atoms with Crippen molar-refractivity contribution in [3.8, 4) is 11.5 Å². The molecule has 14 heteroatoms. The lowest BCUT2D eigenvalue weighted by Gasteiger charge is -2.43. The molecular formula is C34H47ClN7O5P. The molecule has 0 radical (unpaired) electrons. The van der Waals surface area contributed by atoms with Crippen molar-refractivity contribution in [2.45, 2.75) is 45.3 Å². The van der Waals surface area contributed by atoms with Crippen LogP contribution in [-0.2, 0) is 9.30 Å². The first-order chi connectivity index (χ1) is 22.8. The fourth-order valence-corrected chi connectivity index (χ4v) is 7.39. The van der Waals surface area contributed by atoms with Crippen LogP contribution in [0.15, 0.2) is 42.6 Å². The molecule has 3 heterocycles. The van der Waals surface area contributed by atoms with Gasteiger partial charge in [0, 0.05) is 68.4 Å². The van der Waals surface area contributed by atoms with Crippen LogP contribution < -0.4 is 30.3 Å². The number of ether oxygens (including phenoxy) is 3. The average Bonchev–Trinajstić information content (AvgIpc) is 3.05. The molecule has 3 aromatic rings. The molecule has 1 amide bonds. The lowest BCUT2D eigenvalue weighted by molar-refractivity contribution is 0.00901. The van der Waals surface area contributed by atoms with Crippen LogP contribution in [0.2, 0.25) is 5.02 Å². The largest absolute Gasteiger partial charge is 0.494 e. The summed E-state index contributed by atoms with van der Waals surface area (Å²) >= 11 is 6.48. The highest BCUT2D eigenvalue weighted by atomic mass is 35.5. The second-order valence-electron chi connectivity index (χ2n) is 13.5. The molecule has 0 saturated carbocycles. The Morgan fingerprint density at radius 2 is 1.58 bits per heavy atom. The Bertz CT molecular complexity index is 1620. The summed E-state index contributed by atoms with van der Waals surface area (Å²) in [4.78, 5) is 28.2. The highest BCUT2D eigenvalue weighted by molar-refractivity contribution is 7.70. The Hall–Kier alpha value is -3.73. The van der Waals surface area contributed by atoms with E-state index in [9.17, 15) is 9.36 Å². The van der Waals surface area contributed by atoms with Gasteiger partial charge in [0.15, 0.2) is 5.82 Å². The maximum Gasteiger partial charge on any atom is 0.410 e. The van der Waals surface area contributed by atoms with Crippen molar-refractivity contribution in [3.05, 3.63) is 47.6 Å². The van der Waals surface area contributed by atoms with E-state index in [1.165, 1.54) is 6.20 Å². The number of hydrogen-bond acceptors (Lipinski definition) is 11.